The molecule has 1 aliphatic heterocycles. The molecule has 1 saturated heterocycles. The summed E-state index contributed by atoms with van der Waals surface area (Å²) in [5, 5.41) is 0.356. The van der Waals surface area contributed by atoms with E-state index in [-0.39, 0.29) is 22.4 Å². The number of anilines is 1. The number of ether oxygens (including phenoxy) is 1. The molecule has 1 fully saturated rings. The third-order valence-corrected chi connectivity index (χ3v) is 5.13. The molecule has 2 N–H and O–H groups in total. The highest BCUT2D eigenvalue weighted by atomic mass is 35.5. The maximum absolute atomic E-state index is 12.3. The Kier molecular flexibility index (Phi) is 4.35. The van der Waals surface area contributed by atoms with Crippen LogP contribution in [-0.4, -0.2) is 51.9 Å². The number of sulfone groups is 1. The standard InChI is InChI=1S/C12H17ClN2O3S/c1-15-4-5-18-10(7-15)8-19(16,17)12-6-9(13)2-3-11(12)14/h2-3,6,10H,4-5,7-8,14H2,1H3. The van der Waals surface area contributed by atoms with E-state index in [0.29, 0.717) is 18.2 Å². The molecule has 19 heavy (non-hydrogen) atoms. The molecule has 1 heterocycles. The number of morpholine rings is 1. The number of likely N-dealkylation sites (N-methyl/N-ethyl adjacent to an activating group) is 1. The second kappa shape index (κ2) is 5.66. The normalized spacial score (nSPS) is 21.5. The number of hydrogen-bond acceptors (Lipinski definition) is 5. The molecule has 5 nitrogen and oxygen atoms in total. The first-order chi connectivity index (χ1) is 8.88. The van der Waals surface area contributed by atoms with Gasteiger partial charge in [-0.2, -0.15) is 0 Å². The minimum absolute atomic E-state index is 0.0804. The summed E-state index contributed by atoms with van der Waals surface area (Å²) in [6, 6.07) is 4.46. The predicted octanol–water partition coefficient (Wildman–Crippen LogP) is 1.03. The van der Waals surface area contributed by atoms with Crippen molar-refractivity contribution in [1.82, 2.24) is 4.90 Å². The summed E-state index contributed by atoms with van der Waals surface area (Å²) in [5.74, 6) is -0.0815. The van der Waals surface area contributed by atoms with Crippen LogP contribution in [0.1, 0.15) is 0 Å². The number of rotatable bonds is 3. The topological polar surface area (TPSA) is 72.6 Å². The van der Waals surface area contributed by atoms with E-state index in [1.807, 2.05) is 11.9 Å². The molecule has 0 aliphatic carbocycles. The predicted molar refractivity (Wildman–Crippen MR) is 75.2 cm³/mol. The van der Waals surface area contributed by atoms with Crippen molar-refractivity contribution >= 4 is 27.1 Å². The van der Waals surface area contributed by atoms with Crippen LogP contribution in [0.4, 0.5) is 5.69 Å². The highest BCUT2D eigenvalue weighted by molar-refractivity contribution is 7.91. The molecule has 0 bridgehead atoms. The van der Waals surface area contributed by atoms with Gasteiger partial charge in [0.15, 0.2) is 9.84 Å². The molecule has 0 amide bonds. The van der Waals surface area contributed by atoms with Gasteiger partial charge in [0.2, 0.25) is 0 Å². The molecule has 0 spiro atoms. The second-order valence-electron chi connectivity index (χ2n) is 4.72. The smallest absolute Gasteiger partial charge is 0.183 e. The first kappa shape index (κ1) is 14.6. The third kappa shape index (κ3) is 3.60. The van der Waals surface area contributed by atoms with Gasteiger partial charge in [-0.1, -0.05) is 11.6 Å². The van der Waals surface area contributed by atoms with Crippen LogP contribution < -0.4 is 5.73 Å². The van der Waals surface area contributed by atoms with Crippen molar-refractivity contribution in [2.24, 2.45) is 0 Å². The van der Waals surface area contributed by atoms with Crippen LogP contribution in [0.5, 0.6) is 0 Å². The molecule has 2 rings (SSSR count). The molecular formula is C12H17ClN2O3S. The summed E-state index contributed by atoms with van der Waals surface area (Å²) < 4.78 is 30.2. The molecule has 0 aromatic heterocycles. The lowest BCUT2D eigenvalue weighted by Gasteiger charge is -2.29. The fraction of sp³-hybridized carbons (Fsp3) is 0.500. The molecule has 1 aromatic carbocycles. The van der Waals surface area contributed by atoms with Gasteiger partial charge in [-0.25, -0.2) is 8.42 Å². The zero-order valence-corrected chi connectivity index (χ0v) is 12.2. The highest BCUT2D eigenvalue weighted by Crippen LogP contribution is 2.24. The number of nitrogens with zero attached hydrogens (tertiary/aromatic N) is 1. The summed E-state index contributed by atoms with van der Waals surface area (Å²) in [7, 11) is -1.56. The van der Waals surface area contributed by atoms with Crippen LogP contribution in [0.2, 0.25) is 5.02 Å². The maximum atomic E-state index is 12.3. The zero-order valence-electron chi connectivity index (χ0n) is 10.7. The van der Waals surface area contributed by atoms with Gasteiger partial charge in [-0.05, 0) is 25.2 Å². The lowest BCUT2D eigenvalue weighted by atomic mass is 10.3. The molecule has 0 saturated carbocycles. The Morgan fingerprint density at radius 2 is 2.26 bits per heavy atom. The number of hydrogen-bond donors (Lipinski definition) is 1. The molecule has 1 atom stereocenters. The Labute approximate surface area is 118 Å². The number of halogens is 1. The van der Waals surface area contributed by atoms with Crippen LogP contribution in [0.15, 0.2) is 23.1 Å². The zero-order chi connectivity index (χ0) is 14.0. The van der Waals surface area contributed by atoms with E-state index in [9.17, 15) is 8.42 Å². The van der Waals surface area contributed by atoms with Gasteiger partial charge in [0.1, 0.15) is 0 Å². The van der Waals surface area contributed by atoms with E-state index in [1.165, 1.54) is 12.1 Å². The van der Waals surface area contributed by atoms with E-state index in [4.69, 9.17) is 22.1 Å². The first-order valence-electron chi connectivity index (χ1n) is 5.96. The Bertz CT molecular complexity index is 562. The average Bonchev–Trinajstić information content (AvgIpc) is 2.31. The fourth-order valence-electron chi connectivity index (χ4n) is 2.08. The van der Waals surface area contributed by atoms with Crippen molar-refractivity contribution in [2.75, 3.05) is 38.2 Å². The molecule has 1 aromatic rings. The molecule has 7 heteroatoms. The quantitative estimate of drug-likeness (QED) is 0.844. The molecular weight excluding hydrogens is 288 g/mol. The number of nitrogens with two attached hydrogens (primary N) is 1. The molecule has 0 radical (unpaired) electrons. The Hall–Kier alpha value is -0.820. The molecule has 1 unspecified atom stereocenters. The Morgan fingerprint density at radius 3 is 2.95 bits per heavy atom. The molecule has 106 valence electrons. The van der Waals surface area contributed by atoms with Crippen molar-refractivity contribution < 1.29 is 13.2 Å². The van der Waals surface area contributed by atoms with Crippen LogP contribution in [0, 0.1) is 0 Å². The van der Waals surface area contributed by atoms with Crippen molar-refractivity contribution in [1.29, 1.82) is 0 Å². The highest BCUT2D eigenvalue weighted by Gasteiger charge is 2.27. The van der Waals surface area contributed by atoms with Crippen LogP contribution in [0.25, 0.3) is 0 Å². The Morgan fingerprint density at radius 1 is 1.53 bits per heavy atom. The van der Waals surface area contributed by atoms with E-state index < -0.39 is 9.84 Å². The van der Waals surface area contributed by atoms with Crippen LogP contribution in [-0.2, 0) is 14.6 Å². The average molecular weight is 305 g/mol. The van der Waals surface area contributed by atoms with E-state index in [2.05, 4.69) is 0 Å². The lowest BCUT2D eigenvalue weighted by molar-refractivity contribution is -0.00680. The largest absolute Gasteiger partial charge is 0.398 e. The van der Waals surface area contributed by atoms with Gasteiger partial charge in [-0.15, -0.1) is 0 Å². The van der Waals surface area contributed by atoms with Crippen molar-refractivity contribution in [3.63, 3.8) is 0 Å². The van der Waals surface area contributed by atoms with E-state index in [1.54, 1.807) is 6.07 Å². The van der Waals surface area contributed by atoms with Crippen LogP contribution in [0.3, 0.4) is 0 Å². The minimum atomic E-state index is -3.50. The van der Waals surface area contributed by atoms with E-state index >= 15 is 0 Å². The van der Waals surface area contributed by atoms with Gasteiger partial charge < -0.3 is 15.4 Å². The van der Waals surface area contributed by atoms with Crippen molar-refractivity contribution in [2.45, 2.75) is 11.0 Å². The summed E-state index contributed by atoms with van der Waals surface area (Å²) in [4.78, 5) is 2.13. The fourth-order valence-corrected chi connectivity index (χ4v) is 3.92. The molecule has 1 aliphatic rings. The lowest BCUT2D eigenvalue weighted by Crippen LogP contribution is -2.43. The third-order valence-electron chi connectivity index (χ3n) is 3.06. The van der Waals surface area contributed by atoms with Crippen molar-refractivity contribution in [3.05, 3.63) is 23.2 Å². The van der Waals surface area contributed by atoms with Gasteiger partial charge in [-0.3, -0.25) is 0 Å². The van der Waals surface area contributed by atoms with Crippen molar-refractivity contribution in [3.8, 4) is 0 Å². The van der Waals surface area contributed by atoms with Gasteiger partial charge in [0.25, 0.3) is 0 Å². The summed E-state index contributed by atoms with van der Waals surface area (Å²) in [6.07, 6.45) is -0.331. The summed E-state index contributed by atoms with van der Waals surface area (Å²) >= 11 is 5.83. The SMILES string of the molecule is CN1CCOC(CS(=O)(=O)c2cc(Cl)ccc2N)C1. The maximum Gasteiger partial charge on any atom is 0.183 e. The minimum Gasteiger partial charge on any atom is -0.398 e. The number of nitrogen functional groups attached to an aromatic ring is 1. The van der Waals surface area contributed by atoms with Gasteiger partial charge >= 0.3 is 0 Å². The summed E-state index contributed by atoms with van der Waals surface area (Å²) in [5.41, 5.74) is 5.94. The monoisotopic (exact) mass is 304 g/mol. The van der Waals surface area contributed by atoms with Gasteiger partial charge in [0, 0.05) is 18.1 Å². The van der Waals surface area contributed by atoms with E-state index in [0.717, 1.165) is 6.54 Å². The van der Waals surface area contributed by atoms with Crippen LogP contribution >= 0.6 is 11.6 Å². The Balaban J connectivity index is 2.20. The first-order valence-corrected chi connectivity index (χ1v) is 7.99. The van der Waals surface area contributed by atoms with Gasteiger partial charge in [0.05, 0.1) is 29.0 Å². The second-order valence-corrected chi connectivity index (χ2v) is 7.16. The number of benzene rings is 1. The summed E-state index contributed by atoms with van der Waals surface area (Å²) in [6.45, 7) is 1.96.